The molecule has 4 rings (SSSR count). The van der Waals surface area contributed by atoms with Crippen molar-refractivity contribution in [2.24, 2.45) is 0 Å². The Morgan fingerprint density at radius 1 is 0.952 bits per heavy atom. The third-order valence-electron chi connectivity index (χ3n) is 7.51. The molecule has 1 saturated carbocycles. The van der Waals surface area contributed by atoms with Crippen molar-refractivity contribution in [1.82, 2.24) is 10.2 Å². The molecule has 0 unspecified atom stereocenters. The van der Waals surface area contributed by atoms with Crippen molar-refractivity contribution in [3.05, 3.63) is 100 Å². The fraction of sp³-hybridized carbons (Fsp3) is 0.375. The molecule has 2 amide bonds. The lowest BCUT2D eigenvalue weighted by molar-refractivity contribution is -0.141. The van der Waals surface area contributed by atoms with E-state index in [0.29, 0.717) is 12.1 Å². The molecule has 0 saturated heterocycles. The summed E-state index contributed by atoms with van der Waals surface area (Å²) in [7, 11) is -3.67. The molecule has 0 aromatic heterocycles. The molecular formula is C32H37BrFN3O4S. The van der Waals surface area contributed by atoms with Crippen LogP contribution in [0.15, 0.2) is 83.3 Å². The Bertz CT molecular complexity index is 1430. The van der Waals surface area contributed by atoms with Gasteiger partial charge in [0, 0.05) is 36.4 Å². The van der Waals surface area contributed by atoms with E-state index in [1.165, 1.54) is 28.6 Å². The first-order valence-electron chi connectivity index (χ1n) is 14.2. The van der Waals surface area contributed by atoms with Crippen LogP contribution < -0.4 is 9.62 Å². The van der Waals surface area contributed by atoms with E-state index in [1.807, 2.05) is 54.6 Å². The summed E-state index contributed by atoms with van der Waals surface area (Å²) in [6.07, 6.45) is 5.69. The lowest BCUT2D eigenvalue weighted by atomic mass is 10.0. The fourth-order valence-electron chi connectivity index (χ4n) is 5.32. The van der Waals surface area contributed by atoms with E-state index < -0.39 is 21.9 Å². The predicted molar refractivity (Wildman–Crippen MR) is 167 cm³/mol. The maximum atomic E-state index is 13.9. The molecule has 3 aromatic rings. The molecular weight excluding hydrogens is 621 g/mol. The van der Waals surface area contributed by atoms with Crippen molar-refractivity contribution >= 4 is 43.5 Å². The van der Waals surface area contributed by atoms with Gasteiger partial charge in [-0.15, -0.1) is 0 Å². The van der Waals surface area contributed by atoms with Crippen molar-refractivity contribution in [1.29, 1.82) is 0 Å². The molecule has 3 aromatic carbocycles. The summed E-state index contributed by atoms with van der Waals surface area (Å²) < 4.78 is 40.6. The van der Waals surface area contributed by atoms with E-state index in [4.69, 9.17) is 0 Å². The Kier molecular flexibility index (Phi) is 11.2. The van der Waals surface area contributed by atoms with E-state index in [9.17, 15) is 22.4 Å². The van der Waals surface area contributed by atoms with Gasteiger partial charge in [-0.3, -0.25) is 13.9 Å². The van der Waals surface area contributed by atoms with E-state index >= 15 is 0 Å². The highest BCUT2D eigenvalue weighted by Gasteiger charge is 2.32. The van der Waals surface area contributed by atoms with Gasteiger partial charge in [0.15, 0.2) is 0 Å². The van der Waals surface area contributed by atoms with Gasteiger partial charge in [0.1, 0.15) is 11.9 Å². The minimum Gasteiger partial charge on any atom is -0.352 e. The first-order valence-corrected chi connectivity index (χ1v) is 16.9. The number of carbonyl (C=O) groups is 2. The monoisotopic (exact) mass is 657 g/mol. The number of nitrogens with zero attached hydrogens (tertiary/aromatic N) is 2. The number of anilines is 1. The first kappa shape index (κ1) is 31.7. The molecule has 0 radical (unpaired) electrons. The molecule has 7 nitrogen and oxygen atoms in total. The molecule has 1 fully saturated rings. The van der Waals surface area contributed by atoms with Crippen LogP contribution in [0.5, 0.6) is 0 Å². The van der Waals surface area contributed by atoms with Gasteiger partial charge in [0.2, 0.25) is 21.8 Å². The predicted octanol–water partition coefficient (Wildman–Crippen LogP) is 5.83. The van der Waals surface area contributed by atoms with Crippen LogP contribution in [0.4, 0.5) is 10.1 Å². The number of nitrogens with one attached hydrogen (secondary N) is 1. The molecule has 10 heteroatoms. The summed E-state index contributed by atoms with van der Waals surface area (Å²) in [6.45, 7) is 0.273. The van der Waals surface area contributed by atoms with E-state index in [-0.39, 0.29) is 43.8 Å². The number of benzene rings is 3. The van der Waals surface area contributed by atoms with Gasteiger partial charge >= 0.3 is 0 Å². The van der Waals surface area contributed by atoms with Gasteiger partial charge in [-0.05, 0) is 66.8 Å². The Morgan fingerprint density at radius 2 is 1.60 bits per heavy atom. The average molecular weight is 659 g/mol. The SMILES string of the molecule is CS(=O)(=O)N(CCCC(=O)N(Cc1ccc(Br)cc1)[C@@H](Cc1ccccc1)C(=O)NC1CCCC1)c1ccc(F)cc1. The van der Waals surface area contributed by atoms with E-state index in [0.717, 1.165) is 47.5 Å². The smallest absolute Gasteiger partial charge is 0.243 e. The van der Waals surface area contributed by atoms with Crippen LogP contribution in [-0.4, -0.2) is 50.0 Å². The lowest BCUT2D eigenvalue weighted by Gasteiger charge is -2.33. The summed E-state index contributed by atoms with van der Waals surface area (Å²) in [4.78, 5) is 29.3. The molecule has 1 aliphatic rings. The number of sulfonamides is 1. The van der Waals surface area contributed by atoms with Gasteiger partial charge in [0.05, 0.1) is 11.9 Å². The van der Waals surface area contributed by atoms with Crippen molar-refractivity contribution in [2.45, 2.75) is 63.6 Å². The number of amides is 2. The summed E-state index contributed by atoms with van der Waals surface area (Å²) in [5.41, 5.74) is 2.15. The molecule has 0 spiro atoms. The third kappa shape index (κ3) is 9.13. The Hall–Kier alpha value is -3.24. The quantitative estimate of drug-likeness (QED) is 0.251. The molecule has 1 aliphatic carbocycles. The minimum absolute atomic E-state index is 0.0335. The van der Waals surface area contributed by atoms with Crippen molar-refractivity contribution in [3.8, 4) is 0 Å². The number of rotatable bonds is 13. The third-order valence-corrected chi connectivity index (χ3v) is 9.23. The van der Waals surface area contributed by atoms with Gasteiger partial charge in [0.25, 0.3) is 0 Å². The average Bonchev–Trinajstić information content (AvgIpc) is 3.47. The lowest BCUT2D eigenvalue weighted by Crippen LogP contribution is -2.52. The van der Waals surface area contributed by atoms with Gasteiger partial charge in [-0.1, -0.05) is 71.2 Å². The zero-order valence-corrected chi connectivity index (χ0v) is 26.1. The van der Waals surface area contributed by atoms with Gasteiger partial charge in [-0.25, -0.2) is 12.8 Å². The van der Waals surface area contributed by atoms with E-state index in [2.05, 4.69) is 21.2 Å². The second-order valence-corrected chi connectivity index (χ2v) is 13.6. The number of hydrogen-bond donors (Lipinski definition) is 1. The second kappa shape index (κ2) is 14.8. The minimum atomic E-state index is -3.67. The van der Waals surface area contributed by atoms with Crippen LogP contribution in [0.3, 0.4) is 0 Å². The maximum Gasteiger partial charge on any atom is 0.243 e. The van der Waals surface area contributed by atoms with Crippen molar-refractivity contribution < 1.29 is 22.4 Å². The summed E-state index contributed by atoms with van der Waals surface area (Å²) in [5, 5.41) is 3.19. The Balaban J connectivity index is 1.57. The molecule has 42 heavy (non-hydrogen) atoms. The van der Waals surface area contributed by atoms with Gasteiger partial charge < -0.3 is 10.2 Å². The normalized spacial score (nSPS) is 14.4. The molecule has 1 atom stereocenters. The van der Waals surface area contributed by atoms with Crippen molar-refractivity contribution in [2.75, 3.05) is 17.1 Å². The highest BCUT2D eigenvalue weighted by Crippen LogP contribution is 2.23. The zero-order valence-electron chi connectivity index (χ0n) is 23.7. The second-order valence-electron chi connectivity index (χ2n) is 10.8. The fourth-order valence-corrected chi connectivity index (χ4v) is 6.55. The van der Waals surface area contributed by atoms with Crippen LogP contribution in [0.1, 0.15) is 49.7 Å². The van der Waals surface area contributed by atoms with Gasteiger partial charge in [-0.2, -0.15) is 0 Å². The zero-order chi connectivity index (χ0) is 30.1. The van der Waals surface area contributed by atoms with Crippen LogP contribution in [0, 0.1) is 5.82 Å². The molecule has 0 heterocycles. The standard InChI is InChI=1S/C32H37BrFN3O4S/c1-42(40,41)37(29-19-17-27(34)18-20-29)21-7-12-31(38)36(23-25-13-15-26(33)16-14-25)30(22-24-8-3-2-4-9-24)32(39)35-28-10-5-6-11-28/h2-4,8-9,13-20,28,30H,5-7,10-12,21-23H2,1H3,(H,35,39)/t30-/m0/s1. The van der Waals surface area contributed by atoms with Crippen LogP contribution >= 0.6 is 15.9 Å². The van der Waals surface area contributed by atoms with Crippen LogP contribution in [-0.2, 0) is 32.6 Å². The summed E-state index contributed by atoms with van der Waals surface area (Å²) in [5.74, 6) is -0.889. The number of hydrogen-bond acceptors (Lipinski definition) is 4. The number of halogens is 2. The highest BCUT2D eigenvalue weighted by atomic mass is 79.9. The molecule has 0 bridgehead atoms. The Labute approximate surface area is 256 Å². The van der Waals surface area contributed by atoms with E-state index in [1.54, 1.807) is 4.90 Å². The Morgan fingerprint density at radius 3 is 2.21 bits per heavy atom. The molecule has 1 N–H and O–H groups in total. The van der Waals surface area contributed by atoms with Crippen LogP contribution in [0.25, 0.3) is 0 Å². The first-order chi connectivity index (χ1) is 20.1. The molecule has 0 aliphatic heterocycles. The molecule has 224 valence electrons. The summed E-state index contributed by atoms with van der Waals surface area (Å²) >= 11 is 3.45. The summed E-state index contributed by atoms with van der Waals surface area (Å²) in [6, 6.07) is 21.8. The number of carbonyl (C=O) groups excluding carboxylic acids is 2. The highest BCUT2D eigenvalue weighted by molar-refractivity contribution is 9.10. The van der Waals surface area contributed by atoms with Crippen LogP contribution in [0.2, 0.25) is 0 Å². The topological polar surface area (TPSA) is 86.8 Å². The maximum absolute atomic E-state index is 13.9. The largest absolute Gasteiger partial charge is 0.352 e. The van der Waals surface area contributed by atoms with Crippen molar-refractivity contribution in [3.63, 3.8) is 0 Å².